The predicted octanol–water partition coefficient (Wildman–Crippen LogP) is 1.09. The first-order chi connectivity index (χ1) is 13.4. The minimum Gasteiger partial charge on any atom is -0.341 e. The van der Waals surface area contributed by atoms with Gasteiger partial charge >= 0.3 is 5.69 Å². The second kappa shape index (κ2) is 7.51. The lowest BCUT2D eigenvalue weighted by molar-refractivity contribution is 0.423. The van der Waals surface area contributed by atoms with E-state index in [1.54, 1.807) is 7.05 Å². The summed E-state index contributed by atoms with van der Waals surface area (Å²) in [6.45, 7) is 2.23. The summed E-state index contributed by atoms with van der Waals surface area (Å²) >= 11 is 3.80. The zero-order chi connectivity index (χ0) is 20.0. The summed E-state index contributed by atoms with van der Waals surface area (Å²) < 4.78 is 4.65. The Kier molecular flexibility index (Phi) is 5.22. The number of nitrogens with two attached hydrogens (primary N) is 1. The van der Waals surface area contributed by atoms with Crippen molar-refractivity contribution < 1.29 is 0 Å². The van der Waals surface area contributed by atoms with Crippen molar-refractivity contribution in [2.75, 3.05) is 18.0 Å². The van der Waals surface area contributed by atoms with E-state index in [2.05, 4.69) is 33.0 Å². The SMILES string of the molecule is Cn1c(=O)c2c(nc(N3CCC[C@@H](N)C3)n2CC2CC=CCC2Br)n(C)c1=O. The molecule has 2 aliphatic rings. The molecule has 0 radical (unpaired) electrons. The number of rotatable bonds is 3. The van der Waals surface area contributed by atoms with Gasteiger partial charge in [-0.1, -0.05) is 28.1 Å². The Morgan fingerprint density at radius 2 is 1.96 bits per heavy atom. The molecule has 0 saturated carbocycles. The first-order valence-corrected chi connectivity index (χ1v) is 10.8. The van der Waals surface area contributed by atoms with Crippen LogP contribution in [-0.2, 0) is 20.6 Å². The summed E-state index contributed by atoms with van der Waals surface area (Å²) in [6, 6.07) is 0.0928. The predicted molar refractivity (Wildman–Crippen MR) is 114 cm³/mol. The summed E-state index contributed by atoms with van der Waals surface area (Å²) in [6.07, 6.45) is 8.29. The Hall–Kier alpha value is -1.87. The van der Waals surface area contributed by atoms with Crippen LogP contribution in [0, 0.1) is 5.92 Å². The summed E-state index contributed by atoms with van der Waals surface area (Å²) in [4.78, 5) is 32.7. The number of allylic oxidation sites excluding steroid dienone is 2. The number of anilines is 1. The van der Waals surface area contributed by atoms with Crippen molar-refractivity contribution in [3.05, 3.63) is 33.0 Å². The average Bonchev–Trinajstić information content (AvgIpc) is 3.06. The number of nitrogens with zero attached hydrogens (tertiary/aromatic N) is 5. The van der Waals surface area contributed by atoms with E-state index in [9.17, 15) is 9.59 Å². The lowest BCUT2D eigenvalue weighted by Gasteiger charge is -2.33. The molecule has 1 saturated heterocycles. The zero-order valence-electron chi connectivity index (χ0n) is 16.3. The molecular weight excluding hydrogens is 424 g/mol. The molecule has 28 heavy (non-hydrogen) atoms. The highest BCUT2D eigenvalue weighted by Crippen LogP contribution is 2.31. The highest BCUT2D eigenvalue weighted by molar-refractivity contribution is 9.09. The number of fused-ring (bicyclic) bond motifs is 1. The van der Waals surface area contributed by atoms with Gasteiger partial charge in [0.05, 0.1) is 0 Å². The second-order valence-corrected chi connectivity index (χ2v) is 9.14. The van der Waals surface area contributed by atoms with Crippen molar-refractivity contribution in [1.82, 2.24) is 18.7 Å². The van der Waals surface area contributed by atoms with Crippen LogP contribution in [0.1, 0.15) is 25.7 Å². The van der Waals surface area contributed by atoms with Crippen LogP contribution in [0.25, 0.3) is 11.2 Å². The monoisotopic (exact) mass is 450 g/mol. The topological polar surface area (TPSA) is 91.1 Å². The maximum Gasteiger partial charge on any atom is 0.332 e. The zero-order valence-corrected chi connectivity index (χ0v) is 17.9. The summed E-state index contributed by atoms with van der Waals surface area (Å²) in [5, 5.41) is 0. The molecule has 1 aliphatic carbocycles. The van der Waals surface area contributed by atoms with Gasteiger partial charge in [-0.25, -0.2) is 4.79 Å². The highest BCUT2D eigenvalue weighted by Gasteiger charge is 2.29. The Morgan fingerprint density at radius 3 is 2.68 bits per heavy atom. The largest absolute Gasteiger partial charge is 0.341 e. The van der Waals surface area contributed by atoms with Crippen LogP contribution in [0.15, 0.2) is 21.7 Å². The highest BCUT2D eigenvalue weighted by atomic mass is 79.9. The smallest absolute Gasteiger partial charge is 0.332 e. The van der Waals surface area contributed by atoms with Crippen LogP contribution in [-0.4, -0.2) is 42.6 Å². The second-order valence-electron chi connectivity index (χ2n) is 7.97. The molecule has 0 spiro atoms. The minimum absolute atomic E-state index is 0.0928. The number of hydrogen-bond acceptors (Lipinski definition) is 5. The lowest BCUT2D eigenvalue weighted by atomic mass is 9.94. The number of halogens is 1. The standard InChI is InChI=1S/C19H27BrN6O2/c1-23-16-15(17(27)24(2)19(23)28)26(10-12-6-3-4-8-14(12)20)18(22-16)25-9-5-7-13(21)11-25/h3-4,12-14H,5-11,21H2,1-2H3/t12?,13-,14?/m1/s1. The fourth-order valence-electron chi connectivity index (χ4n) is 4.30. The Labute approximate surface area is 171 Å². The van der Waals surface area contributed by atoms with Crippen LogP contribution in [0.4, 0.5) is 5.95 Å². The quantitative estimate of drug-likeness (QED) is 0.558. The first kappa shape index (κ1) is 19.4. The molecular formula is C19H27BrN6O2. The third-order valence-electron chi connectivity index (χ3n) is 5.96. The molecule has 3 heterocycles. The van der Waals surface area contributed by atoms with Gasteiger partial charge < -0.3 is 15.2 Å². The number of imidazole rings is 1. The molecule has 2 unspecified atom stereocenters. The van der Waals surface area contributed by atoms with Crippen LogP contribution in [0.3, 0.4) is 0 Å². The fourth-order valence-corrected chi connectivity index (χ4v) is 4.90. The van der Waals surface area contributed by atoms with Gasteiger partial charge in [-0.15, -0.1) is 0 Å². The third kappa shape index (κ3) is 3.24. The van der Waals surface area contributed by atoms with Gasteiger partial charge in [-0.3, -0.25) is 13.9 Å². The van der Waals surface area contributed by atoms with E-state index in [1.807, 2.05) is 4.57 Å². The van der Waals surface area contributed by atoms with Gasteiger partial charge in [0, 0.05) is 44.6 Å². The van der Waals surface area contributed by atoms with Crippen LogP contribution in [0.2, 0.25) is 0 Å². The molecule has 1 fully saturated rings. The molecule has 4 rings (SSSR count). The van der Waals surface area contributed by atoms with Gasteiger partial charge in [-0.2, -0.15) is 4.98 Å². The molecule has 2 N–H and O–H groups in total. The van der Waals surface area contributed by atoms with E-state index < -0.39 is 0 Å². The van der Waals surface area contributed by atoms with Crippen molar-refractivity contribution >= 4 is 33.0 Å². The minimum atomic E-state index is -0.358. The van der Waals surface area contributed by atoms with Gasteiger partial charge in [0.25, 0.3) is 5.56 Å². The Balaban J connectivity index is 1.90. The first-order valence-electron chi connectivity index (χ1n) is 9.84. The van der Waals surface area contributed by atoms with E-state index in [0.29, 0.717) is 35.0 Å². The van der Waals surface area contributed by atoms with Gasteiger partial charge in [-0.05, 0) is 31.6 Å². The molecule has 2 aromatic rings. The van der Waals surface area contributed by atoms with Crippen molar-refractivity contribution in [3.63, 3.8) is 0 Å². The Morgan fingerprint density at radius 1 is 1.21 bits per heavy atom. The molecule has 0 aromatic carbocycles. The number of piperidine rings is 1. The number of hydrogen-bond donors (Lipinski definition) is 1. The third-order valence-corrected chi connectivity index (χ3v) is 7.09. The fraction of sp³-hybridized carbons (Fsp3) is 0.632. The maximum atomic E-state index is 13.0. The molecule has 8 nitrogen and oxygen atoms in total. The van der Waals surface area contributed by atoms with Gasteiger partial charge in [0.15, 0.2) is 11.2 Å². The molecule has 9 heteroatoms. The molecule has 2 aromatic heterocycles. The number of alkyl halides is 1. The van der Waals surface area contributed by atoms with E-state index in [4.69, 9.17) is 10.7 Å². The van der Waals surface area contributed by atoms with Crippen molar-refractivity contribution in [2.24, 2.45) is 25.7 Å². The number of aryl methyl sites for hydroxylation is 1. The Bertz CT molecular complexity index is 1040. The van der Waals surface area contributed by atoms with Gasteiger partial charge in [0.1, 0.15) is 0 Å². The normalized spacial score (nSPS) is 25.6. The van der Waals surface area contributed by atoms with Gasteiger partial charge in [0.2, 0.25) is 5.95 Å². The van der Waals surface area contributed by atoms with E-state index in [-0.39, 0.29) is 17.3 Å². The average molecular weight is 451 g/mol. The number of aromatic nitrogens is 4. The maximum absolute atomic E-state index is 13.0. The molecule has 0 amide bonds. The summed E-state index contributed by atoms with van der Waals surface area (Å²) in [5.74, 6) is 1.10. The molecule has 152 valence electrons. The molecule has 3 atom stereocenters. The van der Waals surface area contributed by atoms with E-state index >= 15 is 0 Å². The van der Waals surface area contributed by atoms with Crippen molar-refractivity contribution in [2.45, 2.75) is 43.1 Å². The van der Waals surface area contributed by atoms with Crippen LogP contribution in [0.5, 0.6) is 0 Å². The van der Waals surface area contributed by atoms with Crippen molar-refractivity contribution in [1.29, 1.82) is 0 Å². The van der Waals surface area contributed by atoms with E-state index in [0.717, 1.165) is 38.2 Å². The lowest BCUT2D eigenvalue weighted by Crippen LogP contribution is -2.44. The molecule has 1 aliphatic heterocycles. The summed E-state index contributed by atoms with van der Waals surface area (Å²) in [7, 11) is 3.19. The van der Waals surface area contributed by atoms with Crippen LogP contribution >= 0.6 is 15.9 Å². The van der Waals surface area contributed by atoms with Crippen molar-refractivity contribution in [3.8, 4) is 0 Å². The molecule has 0 bridgehead atoms. The van der Waals surface area contributed by atoms with Crippen LogP contribution < -0.4 is 21.9 Å². The summed E-state index contributed by atoms with van der Waals surface area (Å²) in [5.41, 5.74) is 6.49. The van der Waals surface area contributed by atoms with E-state index in [1.165, 1.54) is 16.2 Å².